The zero-order valence-electron chi connectivity index (χ0n) is 17.0. The smallest absolute Gasteiger partial charge is 0.307 e. The first kappa shape index (κ1) is 22.1. The monoisotopic (exact) mass is 440 g/mol. The van der Waals surface area contributed by atoms with E-state index in [1.54, 1.807) is 54.6 Å². The Labute approximate surface area is 184 Å². The number of aryl methyl sites for hydroxylation is 1. The molecule has 3 rings (SSSR count). The van der Waals surface area contributed by atoms with Crippen molar-refractivity contribution in [1.82, 2.24) is 5.32 Å². The van der Waals surface area contributed by atoms with Crippen LogP contribution in [0.3, 0.4) is 0 Å². The highest BCUT2D eigenvalue weighted by molar-refractivity contribution is 6.30. The molecule has 0 saturated heterocycles. The zero-order chi connectivity index (χ0) is 22.4. The average molecular weight is 441 g/mol. The molecule has 0 aliphatic carbocycles. The number of nitrogens with one attached hydrogen (secondary N) is 2. The second kappa shape index (κ2) is 9.95. The van der Waals surface area contributed by atoms with Gasteiger partial charge in [0, 0.05) is 16.3 Å². The molecule has 1 heterocycles. The average Bonchev–Trinajstić information content (AvgIpc) is 3.30. The van der Waals surface area contributed by atoms with Gasteiger partial charge in [-0.05, 0) is 54.4 Å². The van der Waals surface area contributed by atoms with Crippen LogP contribution in [0.2, 0.25) is 5.02 Å². The molecule has 0 spiro atoms. The molecule has 3 aromatic rings. The molecule has 2 N–H and O–H groups in total. The first-order valence-electron chi connectivity index (χ1n) is 9.46. The van der Waals surface area contributed by atoms with E-state index in [1.807, 2.05) is 6.92 Å². The maximum Gasteiger partial charge on any atom is 0.307 e. The standard InChI is InChI=1S/C23H21ClN2O5/c1-14-5-6-16(12-18(14)25-23(29)20-4-3-11-31-20)22(28)26-19(13-21(27)30-2)15-7-9-17(24)10-8-15/h3-12,19H,13H2,1-2H3,(H,25,29)(H,26,28). The van der Waals surface area contributed by atoms with Gasteiger partial charge in [-0.1, -0.05) is 29.8 Å². The van der Waals surface area contributed by atoms with Crippen LogP contribution in [0, 0.1) is 6.92 Å². The second-order valence-corrected chi connectivity index (χ2v) is 7.26. The van der Waals surface area contributed by atoms with E-state index in [0.29, 0.717) is 21.8 Å². The topological polar surface area (TPSA) is 97.6 Å². The number of ether oxygens (including phenoxy) is 1. The van der Waals surface area contributed by atoms with Crippen molar-refractivity contribution in [3.63, 3.8) is 0 Å². The van der Waals surface area contributed by atoms with Crippen molar-refractivity contribution < 1.29 is 23.5 Å². The van der Waals surface area contributed by atoms with E-state index >= 15 is 0 Å². The van der Waals surface area contributed by atoms with Gasteiger partial charge in [0.05, 0.1) is 25.8 Å². The Hall–Kier alpha value is -3.58. The van der Waals surface area contributed by atoms with E-state index in [1.165, 1.54) is 13.4 Å². The highest BCUT2D eigenvalue weighted by atomic mass is 35.5. The third kappa shape index (κ3) is 5.73. The van der Waals surface area contributed by atoms with Gasteiger partial charge in [0.1, 0.15) is 0 Å². The molecular weight excluding hydrogens is 420 g/mol. The summed E-state index contributed by atoms with van der Waals surface area (Å²) in [4.78, 5) is 37.1. The normalized spacial score (nSPS) is 11.5. The van der Waals surface area contributed by atoms with Gasteiger partial charge < -0.3 is 19.8 Å². The van der Waals surface area contributed by atoms with Gasteiger partial charge in [0.25, 0.3) is 11.8 Å². The van der Waals surface area contributed by atoms with E-state index < -0.39 is 23.8 Å². The summed E-state index contributed by atoms with van der Waals surface area (Å²) >= 11 is 5.94. The number of hydrogen-bond acceptors (Lipinski definition) is 5. The summed E-state index contributed by atoms with van der Waals surface area (Å²) in [6.45, 7) is 1.81. The molecule has 0 bridgehead atoms. The highest BCUT2D eigenvalue weighted by Crippen LogP contribution is 2.22. The van der Waals surface area contributed by atoms with Gasteiger partial charge in [-0.25, -0.2) is 0 Å². The molecule has 0 aliphatic heterocycles. The van der Waals surface area contributed by atoms with E-state index in [9.17, 15) is 14.4 Å². The molecule has 0 saturated carbocycles. The number of methoxy groups -OCH3 is 1. The minimum Gasteiger partial charge on any atom is -0.469 e. The third-order valence-electron chi connectivity index (χ3n) is 4.67. The van der Waals surface area contributed by atoms with Crippen molar-refractivity contribution >= 4 is 35.1 Å². The number of benzene rings is 2. The third-order valence-corrected chi connectivity index (χ3v) is 4.92. The number of carbonyl (C=O) groups excluding carboxylic acids is 3. The molecule has 8 heteroatoms. The Bertz CT molecular complexity index is 1080. The number of halogens is 1. The minimum absolute atomic E-state index is 0.0438. The second-order valence-electron chi connectivity index (χ2n) is 6.82. The lowest BCUT2D eigenvalue weighted by Gasteiger charge is -2.19. The summed E-state index contributed by atoms with van der Waals surface area (Å²) in [7, 11) is 1.29. The van der Waals surface area contributed by atoms with Gasteiger partial charge in [-0.3, -0.25) is 14.4 Å². The Morgan fingerprint density at radius 3 is 2.45 bits per heavy atom. The molecule has 1 unspecified atom stereocenters. The largest absolute Gasteiger partial charge is 0.469 e. The summed E-state index contributed by atoms with van der Waals surface area (Å²) in [6, 6.07) is 14.3. The molecule has 31 heavy (non-hydrogen) atoms. The van der Waals surface area contributed by atoms with Crippen LogP contribution in [0.25, 0.3) is 0 Å². The molecule has 2 amide bonds. The van der Waals surface area contributed by atoms with Crippen molar-refractivity contribution in [2.75, 3.05) is 12.4 Å². The Kier molecular flexibility index (Phi) is 7.10. The summed E-state index contributed by atoms with van der Waals surface area (Å²) in [5, 5.41) is 6.13. The van der Waals surface area contributed by atoms with E-state index in [-0.39, 0.29) is 12.2 Å². The lowest BCUT2D eigenvalue weighted by molar-refractivity contribution is -0.141. The van der Waals surface area contributed by atoms with Crippen LogP contribution in [-0.4, -0.2) is 24.9 Å². The van der Waals surface area contributed by atoms with Crippen molar-refractivity contribution in [2.45, 2.75) is 19.4 Å². The fourth-order valence-corrected chi connectivity index (χ4v) is 3.05. The van der Waals surface area contributed by atoms with E-state index in [4.69, 9.17) is 20.8 Å². The number of rotatable bonds is 7. The fraction of sp³-hybridized carbons (Fsp3) is 0.174. The minimum atomic E-state index is -0.611. The maximum atomic E-state index is 12.9. The Morgan fingerprint density at radius 2 is 1.81 bits per heavy atom. The maximum absolute atomic E-state index is 12.9. The van der Waals surface area contributed by atoms with E-state index in [0.717, 1.165) is 5.56 Å². The van der Waals surface area contributed by atoms with Crippen LogP contribution in [0.4, 0.5) is 5.69 Å². The number of esters is 1. The van der Waals surface area contributed by atoms with Crippen LogP contribution in [-0.2, 0) is 9.53 Å². The molecule has 0 fully saturated rings. The van der Waals surface area contributed by atoms with Crippen LogP contribution < -0.4 is 10.6 Å². The summed E-state index contributed by atoms with van der Waals surface area (Å²) in [5.41, 5.74) is 2.29. The molecule has 0 radical (unpaired) electrons. The molecule has 2 aromatic carbocycles. The number of carbonyl (C=O) groups is 3. The molecular formula is C23H21ClN2O5. The Balaban J connectivity index is 1.80. The fourth-order valence-electron chi connectivity index (χ4n) is 2.93. The van der Waals surface area contributed by atoms with Crippen molar-refractivity contribution in [2.24, 2.45) is 0 Å². The number of furan rings is 1. The van der Waals surface area contributed by atoms with Crippen LogP contribution in [0.15, 0.2) is 65.3 Å². The predicted molar refractivity (Wildman–Crippen MR) is 116 cm³/mol. The zero-order valence-corrected chi connectivity index (χ0v) is 17.7. The van der Waals surface area contributed by atoms with Gasteiger partial charge in [-0.2, -0.15) is 0 Å². The highest BCUT2D eigenvalue weighted by Gasteiger charge is 2.21. The molecule has 1 atom stereocenters. The quantitative estimate of drug-likeness (QED) is 0.526. The van der Waals surface area contributed by atoms with Gasteiger partial charge in [0.15, 0.2) is 5.76 Å². The van der Waals surface area contributed by atoms with Crippen molar-refractivity contribution in [1.29, 1.82) is 0 Å². The summed E-state index contributed by atoms with van der Waals surface area (Å²) in [5.74, 6) is -1.13. The van der Waals surface area contributed by atoms with Crippen molar-refractivity contribution in [3.8, 4) is 0 Å². The number of anilines is 1. The van der Waals surface area contributed by atoms with Crippen LogP contribution in [0.5, 0.6) is 0 Å². The van der Waals surface area contributed by atoms with Gasteiger partial charge in [-0.15, -0.1) is 0 Å². The molecule has 0 aliphatic rings. The first-order chi connectivity index (χ1) is 14.9. The molecule has 1 aromatic heterocycles. The van der Waals surface area contributed by atoms with Crippen molar-refractivity contribution in [3.05, 3.63) is 88.3 Å². The van der Waals surface area contributed by atoms with E-state index in [2.05, 4.69) is 10.6 Å². The number of hydrogen-bond donors (Lipinski definition) is 2. The SMILES string of the molecule is COC(=O)CC(NC(=O)c1ccc(C)c(NC(=O)c2ccco2)c1)c1ccc(Cl)cc1. The summed E-state index contributed by atoms with van der Waals surface area (Å²) in [6.07, 6.45) is 1.36. The van der Waals surface area contributed by atoms with Crippen LogP contribution >= 0.6 is 11.6 Å². The lowest BCUT2D eigenvalue weighted by Crippen LogP contribution is -2.30. The van der Waals surface area contributed by atoms with Crippen LogP contribution in [0.1, 0.15) is 44.5 Å². The number of amides is 2. The molecule has 160 valence electrons. The summed E-state index contributed by atoms with van der Waals surface area (Å²) < 4.78 is 9.85. The molecule has 7 nitrogen and oxygen atoms in total. The van der Waals surface area contributed by atoms with Gasteiger partial charge >= 0.3 is 5.97 Å². The predicted octanol–water partition coefficient (Wildman–Crippen LogP) is 4.53. The van der Waals surface area contributed by atoms with Gasteiger partial charge in [0.2, 0.25) is 0 Å². The first-order valence-corrected chi connectivity index (χ1v) is 9.84. The lowest BCUT2D eigenvalue weighted by atomic mass is 10.0. The Morgan fingerprint density at radius 1 is 1.06 bits per heavy atom.